The molecule has 0 fully saturated rings. The molecule has 2 heteroatoms. The van der Waals surface area contributed by atoms with Crippen LogP contribution < -0.4 is 0 Å². The fraction of sp³-hybridized carbons (Fsp3) is 0.308. The van der Waals surface area contributed by atoms with Crippen molar-refractivity contribution < 1.29 is 9.53 Å². The third kappa shape index (κ3) is 2.38. The van der Waals surface area contributed by atoms with E-state index in [0.717, 1.165) is 12.0 Å². The van der Waals surface area contributed by atoms with E-state index >= 15 is 0 Å². The highest BCUT2D eigenvalue weighted by Crippen LogP contribution is 2.15. The van der Waals surface area contributed by atoms with E-state index in [1.807, 2.05) is 19.1 Å². The number of carbonyl (C=O) groups is 1. The van der Waals surface area contributed by atoms with Gasteiger partial charge in [0.2, 0.25) is 0 Å². The molecule has 0 unspecified atom stereocenters. The van der Waals surface area contributed by atoms with E-state index in [9.17, 15) is 4.79 Å². The van der Waals surface area contributed by atoms with Gasteiger partial charge in [0.15, 0.2) is 0 Å². The molecule has 15 heavy (non-hydrogen) atoms. The summed E-state index contributed by atoms with van der Waals surface area (Å²) in [6, 6.07) is 5.45. The standard InChI is InChI=1S/C13H14O2/c1-4-10-8-7-9-12(11(10)5-2)13(14)15-6-3/h2,7-9H,4,6H2,1,3H3. The summed E-state index contributed by atoms with van der Waals surface area (Å²) in [5.41, 5.74) is 2.14. The van der Waals surface area contributed by atoms with Crippen LogP contribution in [0, 0.1) is 12.3 Å². The van der Waals surface area contributed by atoms with Crippen LogP contribution in [0.25, 0.3) is 0 Å². The number of esters is 1. The molecule has 0 aliphatic heterocycles. The van der Waals surface area contributed by atoms with Gasteiger partial charge in [-0.1, -0.05) is 25.0 Å². The van der Waals surface area contributed by atoms with Crippen LogP contribution in [-0.4, -0.2) is 12.6 Å². The fourth-order valence-electron chi connectivity index (χ4n) is 1.44. The van der Waals surface area contributed by atoms with Gasteiger partial charge in [-0.25, -0.2) is 4.79 Å². The minimum absolute atomic E-state index is 0.347. The molecule has 0 aliphatic rings. The van der Waals surface area contributed by atoms with Crippen LogP contribution in [0.2, 0.25) is 0 Å². The second-order valence-corrected chi connectivity index (χ2v) is 3.06. The summed E-state index contributed by atoms with van der Waals surface area (Å²) in [6.45, 7) is 4.14. The molecule has 0 spiro atoms. The zero-order chi connectivity index (χ0) is 11.3. The van der Waals surface area contributed by atoms with Gasteiger partial charge in [0.1, 0.15) is 0 Å². The average molecular weight is 202 g/mol. The molecule has 0 aliphatic carbocycles. The number of aryl methyl sites for hydroxylation is 1. The number of terminal acetylenes is 1. The molecular weight excluding hydrogens is 188 g/mol. The van der Waals surface area contributed by atoms with Crippen molar-refractivity contribution in [2.75, 3.05) is 6.61 Å². The van der Waals surface area contributed by atoms with E-state index in [1.165, 1.54) is 0 Å². The predicted molar refractivity (Wildman–Crippen MR) is 59.7 cm³/mol. The predicted octanol–water partition coefficient (Wildman–Crippen LogP) is 2.41. The second-order valence-electron chi connectivity index (χ2n) is 3.06. The van der Waals surface area contributed by atoms with Crippen molar-refractivity contribution in [1.29, 1.82) is 0 Å². The summed E-state index contributed by atoms with van der Waals surface area (Å²) in [7, 11) is 0. The van der Waals surface area contributed by atoms with Crippen molar-refractivity contribution in [1.82, 2.24) is 0 Å². The van der Waals surface area contributed by atoms with Gasteiger partial charge in [-0.3, -0.25) is 0 Å². The molecule has 1 aromatic carbocycles. The molecule has 1 rings (SSSR count). The fourth-order valence-corrected chi connectivity index (χ4v) is 1.44. The lowest BCUT2D eigenvalue weighted by Gasteiger charge is -2.07. The Morgan fingerprint density at radius 1 is 1.47 bits per heavy atom. The van der Waals surface area contributed by atoms with Gasteiger partial charge >= 0.3 is 5.97 Å². The van der Waals surface area contributed by atoms with Gasteiger partial charge in [0.25, 0.3) is 0 Å². The molecule has 78 valence electrons. The van der Waals surface area contributed by atoms with E-state index < -0.39 is 0 Å². The lowest BCUT2D eigenvalue weighted by molar-refractivity contribution is 0.0526. The minimum Gasteiger partial charge on any atom is -0.462 e. The summed E-state index contributed by atoms with van der Waals surface area (Å²) in [5, 5.41) is 0. The van der Waals surface area contributed by atoms with Crippen LogP contribution in [0.5, 0.6) is 0 Å². The van der Waals surface area contributed by atoms with Crippen molar-refractivity contribution in [3.05, 3.63) is 34.9 Å². The summed E-state index contributed by atoms with van der Waals surface area (Å²) >= 11 is 0. The van der Waals surface area contributed by atoms with Gasteiger partial charge < -0.3 is 4.74 Å². The summed E-state index contributed by atoms with van der Waals surface area (Å²) in [5.74, 6) is 2.21. The molecule has 0 saturated carbocycles. The van der Waals surface area contributed by atoms with Crippen molar-refractivity contribution in [2.45, 2.75) is 20.3 Å². The lowest BCUT2D eigenvalue weighted by Crippen LogP contribution is -2.08. The summed E-state index contributed by atoms with van der Waals surface area (Å²) in [4.78, 5) is 11.6. The Morgan fingerprint density at radius 3 is 2.73 bits per heavy atom. The van der Waals surface area contributed by atoms with E-state index in [2.05, 4.69) is 5.92 Å². The average Bonchev–Trinajstić information content (AvgIpc) is 2.28. The Hall–Kier alpha value is -1.75. The Labute approximate surface area is 90.3 Å². The first-order valence-electron chi connectivity index (χ1n) is 5.00. The van der Waals surface area contributed by atoms with Gasteiger partial charge in [0, 0.05) is 5.56 Å². The largest absolute Gasteiger partial charge is 0.462 e. The van der Waals surface area contributed by atoms with E-state index in [0.29, 0.717) is 17.7 Å². The van der Waals surface area contributed by atoms with Crippen LogP contribution in [-0.2, 0) is 11.2 Å². The van der Waals surface area contributed by atoms with Crippen LogP contribution in [0.15, 0.2) is 18.2 Å². The SMILES string of the molecule is C#Cc1c(CC)cccc1C(=O)OCC. The van der Waals surface area contributed by atoms with E-state index in [1.54, 1.807) is 13.0 Å². The first-order chi connectivity index (χ1) is 7.24. The first-order valence-corrected chi connectivity index (χ1v) is 5.00. The molecule has 0 bridgehead atoms. The van der Waals surface area contributed by atoms with Gasteiger partial charge in [0.05, 0.1) is 12.2 Å². The highest BCUT2D eigenvalue weighted by Gasteiger charge is 2.13. The topological polar surface area (TPSA) is 26.3 Å². The number of benzene rings is 1. The summed E-state index contributed by atoms with van der Waals surface area (Å²) in [6.07, 6.45) is 6.22. The Kier molecular flexibility index (Phi) is 3.93. The quantitative estimate of drug-likeness (QED) is 0.555. The van der Waals surface area contributed by atoms with Gasteiger partial charge in [-0.2, -0.15) is 0 Å². The molecule has 0 saturated heterocycles. The zero-order valence-corrected chi connectivity index (χ0v) is 9.04. The van der Waals surface area contributed by atoms with Gasteiger partial charge in [-0.05, 0) is 25.0 Å². The molecule has 1 aromatic rings. The van der Waals surface area contributed by atoms with Gasteiger partial charge in [-0.15, -0.1) is 6.42 Å². The minimum atomic E-state index is -0.347. The maximum atomic E-state index is 11.6. The van der Waals surface area contributed by atoms with Crippen molar-refractivity contribution in [3.8, 4) is 12.3 Å². The number of hydrogen-bond donors (Lipinski definition) is 0. The van der Waals surface area contributed by atoms with Crippen LogP contribution in [0.1, 0.15) is 35.3 Å². The van der Waals surface area contributed by atoms with E-state index in [4.69, 9.17) is 11.2 Å². The second kappa shape index (κ2) is 5.21. The molecule has 0 N–H and O–H groups in total. The molecule has 0 atom stereocenters. The molecular formula is C13H14O2. The number of rotatable bonds is 3. The van der Waals surface area contributed by atoms with Crippen molar-refractivity contribution in [2.24, 2.45) is 0 Å². The molecule has 0 amide bonds. The smallest absolute Gasteiger partial charge is 0.339 e. The molecule has 0 heterocycles. The number of carbonyl (C=O) groups excluding carboxylic acids is 1. The third-order valence-electron chi connectivity index (χ3n) is 2.17. The highest BCUT2D eigenvalue weighted by atomic mass is 16.5. The third-order valence-corrected chi connectivity index (χ3v) is 2.17. The van der Waals surface area contributed by atoms with Crippen LogP contribution in [0.3, 0.4) is 0 Å². The summed E-state index contributed by atoms with van der Waals surface area (Å²) < 4.78 is 4.94. The normalized spacial score (nSPS) is 9.40. The Balaban J connectivity index is 3.18. The van der Waals surface area contributed by atoms with Crippen molar-refractivity contribution >= 4 is 5.97 Å². The Morgan fingerprint density at radius 2 is 2.20 bits per heavy atom. The maximum absolute atomic E-state index is 11.6. The molecule has 0 aromatic heterocycles. The molecule has 0 radical (unpaired) electrons. The first kappa shape index (κ1) is 11.3. The molecule has 2 nitrogen and oxygen atoms in total. The van der Waals surface area contributed by atoms with E-state index in [-0.39, 0.29) is 5.97 Å². The highest BCUT2D eigenvalue weighted by molar-refractivity contribution is 5.92. The number of hydrogen-bond acceptors (Lipinski definition) is 2. The Bertz CT molecular complexity index is 399. The monoisotopic (exact) mass is 202 g/mol. The maximum Gasteiger partial charge on any atom is 0.339 e. The van der Waals surface area contributed by atoms with Crippen molar-refractivity contribution in [3.63, 3.8) is 0 Å². The van der Waals surface area contributed by atoms with Crippen LogP contribution >= 0.6 is 0 Å². The number of ether oxygens (including phenoxy) is 1. The zero-order valence-electron chi connectivity index (χ0n) is 9.04. The van der Waals surface area contributed by atoms with Crippen LogP contribution in [0.4, 0.5) is 0 Å². The lowest BCUT2D eigenvalue weighted by atomic mass is 10.00.